The number of carbonyl (C=O) groups excluding carboxylic acids is 1. The molecule has 0 heterocycles. The van der Waals surface area contributed by atoms with Gasteiger partial charge in [-0.2, -0.15) is 0 Å². The van der Waals surface area contributed by atoms with Crippen molar-refractivity contribution in [3.8, 4) is 0 Å². The summed E-state index contributed by atoms with van der Waals surface area (Å²) >= 11 is 0. The van der Waals surface area contributed by atoms with E-state index in [-0.39, 0.29) is 12.5 Å². The van der Waals surface area contributed by atoms with Gasteiger partial charge in [0.25, 0.3) is 0 Å². The van der Waals surface area contributed by atoms with Gasteiger partial charge >= 0.3 is 0 Å². The predicted octanol–water partition coefficient (Wildman–Crippen LogP) is 11.0. The number of hydrogen-bond acceptors (Lipinski definition) is 3. The number of aliphatic hydroxyl groups is 2. The molecule has 0 aliphatic rings. The number of rotatable bonds is 32. The number of nitrogens with one attached hydrogen (secondary N) is 1. The van der Waals surface area contributed by atoms with Gasteiger partial charge in [-0.1, -0.05) is 152 Å². The van der Waals surface area contributed by atoms with Gasteiger partial charge < -0.3 is 15.5 Å². The highest BCUT2D eigenvalue weighted by Crippen LogP contribution is 2.11. The Labute approximate surface area is 273 Å². The van der Waals surface area contributed by atoms with Crippen LogP contribution < -0.4 is 5.32 Å². The molecule has 1 amide bonds. The van der Waals surface area contributed by atoms with Crippen LogP contribution in [0.25, 0.3) is 0 Å². The second-order valence-corrected chi connectivity index (χ2v) is 12.3. The fraction of sp³-hybridized carbons (Fsp3) is 0.725. The van der Waals surface area contributed by atoms with Crippen LogP contribution in [0.3, 0.4) is 0 Å². The molecule has 254 valence electrons. The van der Waals surface area contributed by atoms with E-state index in [0.717, 1.165) is 51.4 Å². The Kier molecular flexibility index (Phi) is 34.0. The molecule has 2 atom stereocenters. The molecule has 4 heteroatoms. The Bertz CT molecular complexity index is 752. The van der Waals surface area contributed by atoms with Crippen molar-refractivity contribution in [2.75, 3.05) is 6.61 Å². The van der Waals surface area contributed by atoms with Crippen molar-refractivity contribution in [2.24, 2.45) is 0 Å². The fourth-order valence-corrected chi connectivity index (χ4v) is 5.08. The minimum absolute atomic E-state index is 0.0937. The van der Waals surface area contributed by atoms with Crippen molar-refractivity contribution in [1.82, 2.24) is 5.32 Å². The molecule has 0 aromatic carbocycles. The molecule has 2 unspecified atom stereocenters. The molecule has 3 N–H and O–H groups in total. The third-order valence-electron chi connectivity index (χ3n) is 7.98. The molecule has 0 rings (SSSR count). The van der Waals surface area contributed by atoms with Crippen LogP contribution in [-0.4, -0.2) is 34.9 Å². The summed E-state index contributed by atoms with van der Waals surface area (Å²) in [4.78, 5) is 12.3. The molecule has 0 aromatic rings. The first-order valence-electron chi connectivity index (χ1n) is 18.5. The van der Waals surface area contributed by atoms with E-state index >= 15 is 0 Å². The van der Waals surface area contributed by atoms with E-state index in [1.165, 1.54) is 96.3 Å². The standard InChI is InChI=1S/C40H71NO3/c1-3-5-7-9-11-13-15-17-19-20-22-23-25-27-29-31-33-35-39(43)38(37-42)41-40(44)36-34-32-30-28-26-24-21-18-16-14-12-10-8-6-4-2/h12,14,16,18-20,25,27,33,35,38-39,42-43H,3-11,13,15,17,21-24,26,28-32,34,36-37H2,1-2H3,(H,41,44)/b14-12-,18-16-,20-19+,27-25+,35-33+. The van der Waals surface area contributed by atoms with Crippen LogP contribution in [-0.2, 0) is 4.79 Å². The van der Waals surface area contributed by atoms with Gasteiger partial charge in [-0.15, -0.1) is 0 Å². The van der Waals surface area contributed by atoms with E-state index in [1.54, 1.807) is 6.08 Å². The van der Waals surface area contributed by atoms with Crippen molar-refractivity contribution in [1.29, 1.82) is 0 Å². The molecule has 0 aliphatic carbocycles. The van der Waals surface area contributed by atoms with Crippen LogP contribution in [0.15, 0.2) is 60.8 Å². The average Bonchev–Trinajstić information content (AvgIpc) is 3.03. The largest absolute Gasteiger partial charge is 0.394 e. The molecule has 0 aromatic heterocycles. The SMILES string of the molecule is CCCCC/C=C\C=C/CCCCCCCCC(=O)NC(CO)C(O)/C=C/CC/C=C/CC/C=C/CCCCCCCCC. The van der Waals surface area contributed by atoms with E-state index in [0.29, 0.717) is 6.42 Å². The lowest BCUT2D eigenvalue weighted by Crippen LogP contribution is -2.45. The minimum atomic E-state index is -0.875. The Morgan fingerprint density at radius 3 is 1.50 bits per heavy atom. The zero-order valence-corrected chi connectivity index (χ0v) is 28.9. The van der Waals surface area contributed by atoms with Crippen LogP contribution in [0.1, 0.15) is 168 Å². The smallest absolute Gasteiger partial charge is 0.220 e. The lowest BCUT2D eigenvalue weighted by Gasteiger charge is -2.19. The highest BCUT2D eigenvalue weighted by Gasteiger charge is 2.17. The zero-order chi connectivity index (χ0) is 32.2. The second kappa shape index (κ2) is 35.6. The van der Waals surface area contributed by atoms with Gasteiger partial charge in [0.1, 0.15) is 0 Å². The molecule has 0 saturated heterocycles. The fourth-order valence-electron chi connectivity index (χ4n) is 5.08. The summed E-state index contributed by atoms with van der Waals surface area (Å²) in [6.45, 7) is 4.23. The maximum atomic E-state index is 12.3. The van der Waals surface area contributed by atoms with Crippen molar-refractivity contribution >= 4 is 5.91 Å². The highest BCUT2D eigenvalue weighted by atomic mass is 16.3. The second-order valence-electron chi connectivity index (χ2n) is 12.3. The Balaban J connectivity index is 3.75. The minimum Gasteiger partial charge on any atom is -0.394 e. The van der Waals surface area contributed by atoms with Crippen molar-refractivity contribution in [3.05, 3.63) is 60.8 Å². The van der Waals surface area contributed by atoms with Gasteiger partial charge in [0.2, 0.25) is 5.91 Å². The Hall–Kier alpha value is -1.91. The summed E-state index contributed by atoms with van der Waals surface area (Å²) < 4.78 is 0. The van der Waals surface area contributed by atoms with E-state index in [9.17, 15) is 15.0 Å². The monoisotopic (exact) mass is 614 g/mol. The quantitative estimate of drug-likeness (QED) is 0.0401. The molecule has 0 spiro atoms. The highest BCUT2D eigenvalue weighted by molar-refractivity contribution is 5.76. The lowest BCUT2D eigenvalue weighted by molar-refractivity contribution is -0.123. The van der Waals surface area contributed by atoms with Gasteiger partial charge in [0, 0.05) is 6.42 Å². The van der Waals surface area contributed by atoms with Crippen LogP contribution in [0.4, 0.5) is 0 Å². The van der Waals surface area contributed by atoms with Crippen LogP contribution in [0.2, 0.25) is 0 Å². The van der Waals surface area contributed by atoms with Crippen LogP contribution in [0, 0.1) is 0 Å². The first kappa shape index (κ1) is 42.1. The van der Waals surface area contributed by atoms with Gasteiger partial charge in [-0.25, -0.2) is 0 Å². The third-order valence-corrected chi connectivity index (χ3v) is 7.98. The molecule has 4 nitrogen and oxygen atoms in total. The van der Waals surface area contributed by atoms with Gasteiger partial charge in [0.15, 0.2) is 0 Å². The molecule has 0 radical (unpaired) electrons. The van der Waals surface area contributed by atoms with Gasteiger partial charge in [-0.05, 0) is 70.6 Å². The Morgan fingerprint density at radius 2 is 0.955 bits per heavy atom. The van der Waals surface area contributed by atoms with Crippen LogP contribution >= 0.6 is 0 Å². The lowest BCUT2D eigenvalue weighted by atomic mass is 10.1. The van der Waals surface area contributed by atoms with Crippen molar-refractivity contribution < 1.29 is 15.0 Å². The van der Waals surface area contributed by atoms with Crippen molar-refractivity contribution in [3.63, 3.8) is 0 Å². The molecule has 0 aliphatic heterocycles. The van der Waals surface area contributed by atoms with E-state index in [1.807, 2.05) is 6.08 Å². The summed E-state index contributed by atoms with van der Waals surface area (Å²) in [5.41, 5.74) is 0. The van der Waals surface area contributed by atoms with Crippen molar-refractivity contribution in [2.45, 2.75) is 180 Å². The van der Waals surface area contributed by atoms with E-state index < -0.39 is 12.1 Å². The molecule has 44 heavy (non-hydrogen) atoms. The maximum absolute atomic E-state index is 12.3. The number of aliphatic hydroxyl groups excluding tert-OH is 2. The number of carbonyl (C=O) groups is 1. The summed E-state index contributed by atoms with van der Waals surface area (Å²) in [7, 11) is 0. The normalized spacial score (nSPS) is 13.8. The zero-order valence-electron chi connectivity index (χ0n) is 28.9. The molecular formula is C40H71NO3. The molecule has 0 bridgehead atoms. The summed E-state index contributed by atoms with van der Waals surface area (Å²) in [6, 6.07) is -0.652. The number of allylic oxidation sites excluding steroid dienone is 9. The van der Waals surface area contributed by atoms with Crippen LogP contribution in [0.5, 0.6) is 0 Å². The van der Waals surface area contributed by atoms with E-state index in [4.69, 9.17) is 0 Å². The number of unbranched alkanes of at least 4 members (excludes halogenated alkanes) is 18. The number of hydrogen-bond donors (Lipinski definition) is 3. The van der Waals surface area contributed by atoms with Gasteiger partial charge in [-0.3, -0.25) is 4.79 Å². The topological polar surface area (TPSA) is 69.6 Å². The molecular weight excluding hydrogens is 542 g/mol. The number of amides is 1. The summed E-state index contributed by atoms with van der Waals surface area (Å²) in [5.74, 6) is -0.0937. The van der Waals surface area contributed by atoms with Gasteiger partial charge in [0.05, 0.1) is 18.8 Å². The Morgan fingerprint density at radius 1 is 0.545 bits per heavy atom. The molecule has 0 saturated carbocycles. The summed E-state index contributed by atoms with van der Waals surface area (Å²) in [5, 5.41) is 22.8. The first-order chi connectivity index (χ1) is 21.7. The average molecular weight is 614 g/mol. The summed E-state index contributed by atoms with van der Waals surface area (Å²) in [6.07, 6.45) is 48.7. The first-order valence-corrected chi connectivity index (χ1v) is 18.5. The maximum Gasteiger partial charge on any atom is 0.220 e. The third kappa shape index (κ3) is 31.5. The van der Waals surface area contributed by atoms with E-state index in [2.05, 4.69) is 67.8 Å². The predicted molar refractivity (Wildman–Crippen MR) is 193 cm³/mol. The molecule has 0 fully saturated rings.